The van der Waals surface area contributed by atoms with E-state index in [0.717, 1.165) is 25.5 Å². The summed E-state index contributed by atoms with van der Waals surface area (Å²) in [6.07, 6.45) is -0.951. The minimum absolute atomic E-state index is 0.0160. The molecule has 2 atom stereocenters. The van der Waals surface area contributed by atoms with Crippen molar-refractivity contribution in [3.05, 3.63) is 17.5 Å². The van der Waals surface area contributed by atoms with Gasteiger partial charge in [-0.3, -0.25) is 0 Å². The van der Waals surface area contributed by atoms with Crippen LogP contribution in [-0.2, 0) is 17.5 Å². The van der Waals surface area contributed by atoms with Crippen molar-refractivity contribution in [3.63, 3.8) is 0 Å². The Kier molecular flexibility index (Phi) is 4.69. The molecule has 1 saturated carbocycles. The van der Waals surface area contributed by atoms with Crippen LogP contribution in [0.4, 0.5) is 30.8 Å². The van der Waals surface area contributed by atoms with Gasteiger partial charge in [0.25, 0.3) is 0 Å². The molecule has 2 fully saturated rings. The second-order valence-electron chi connectivity index (χ2n) is 7.75. The molecule has 2 aliphatic heterocycles. The van der Waals surface area contributed by atoms with E-state index in [9.17, 15) is 18.3 Å². The van der Waals surface area contributed by atoms with Crippen molar-refractivity contribution in [2.24, 2.45) is 5.92 Å². The molecule has 0 spiro atoms. The average Bonchev–Trinajstić information content (AvgIpc) is 3.22. The van der Waals surface area contributed by atoms with Crippen LogP contribution >= 0.6 is 0 Å². The van der Waals surface area contributed by atoms with Crippen molar-refractivity contribution in [2.75, 3.05) is 30.5 Å². The molecule has 1 saturated heterocycles. The number of aliphatic hydroxyl groups excluding tert-OH is 1. The summed E-state index contributed by atoms with van der Waals surface area (Å²) in [7, 11) is 0. The first-order valence-corrected chi connectivity index (χ1v) is 9.84. The van der Waals surface area contributed by atoms with Gasteiger partial charge in [-0.05, 0) is 19.3 Å². The Bertz CT molecular complexity index is 946. The van der Waals surface area contributed by atoms with Gasteiger partial charge in [-0.15, -0.1) is 0 Å². The standard InChI is InChI=1S/C18H21F3N6O3/c19-18(20,21)11-4-22-17-24-15(11)23-13-8-29-6-9(13)7-30-14-12(5-28)26-27(16(14)25-17)10-2-1-3-10/h4,9-10,13,28H,1-3,5-8H2,(H2,22,23,24,25)/t9-,13+/m0/s1. The van der Waals surface area contributed by atoms with Gasteiger partial charge in [-0.25, -0.2) is 9.67 Å². The van der Waals surface area contributed by atoms with Crippen LogP contribution in [0.3, 0.4) is 0 Å². The minimum Gasteiger partial charge on any atom is -0.487 e. The van der Waals surface area contributed by atoms with Crippen LogP contribution in [0.25, 0.3) is 0 Å². The molecule has 1 aliphatic carbocycles. The number of ether oxygens (including phenoxy) is 2. The molecule has 0 unspecified atom stereocenters. The van der Waals surface area contributed by atoms with Gasteiger partial charge in [-0.1, -0.05) is 0 Å². The summed E-state index contributed by atoms with van der Waals surface area (Å²) in [4.78, 5) is 7.98. The summed E-state index contributed by atoms with van der Waals surface area (Å²) in [5.41, 5.74) is -0.582. The van der Waals surface area contributed by atoms with E-state index in [4.69, 9.17) is 9.47 Å². The van der Waals surface area contributed by atoms with Gasteiger partial charge in [0, 0.05) is 12.1 Å². The first-order valence-electron chi connectivity index (χ1n) is 9.84. The van der Waals surface area contributed by atoms with Crippen LogP contribution in [0.15, 0.2) is 6.20 Å². The van der Waals surface area contributed by atoms with Crippen LogP contribution in [-0.4, -0.2) is 50.7 Å². The number of nitrogens with one attached hydrogen (secondary N) is 2. The molecule has 4 heterocycles. The van der Waals surface area contributed by atoms with Gasteiger partial charge >= 0.3 is 6.18 Å². The average molecular weight is 426 g/mol. The van der Waals surface area contributed by atoms with Crippen molar-refractivity contribution in [2.45, 2.75) is 44.1 Å². The Morgan fingerprint density at radius 3 is 2.77 bits per heavy atom. The number of rotatable bonds is 2. The fourth-order valence-corrected chi connectivity index (χ4v) is 3.88. The van der Waals surface area contributed by atoms with E-state index in [2.05, 4.69) is 25.7 Å². The molecular weight excluding hydrogens is 405 g/mol. The largest absolute Gasteiger partial charge is 0.487 e. The van der Waals surface area contributed by atoms with E-state index in [1.54, 1.807) is 4.68 Å². The van der Waals surface area contributed by atoms with Crippen molar-refractivity contribution in [1.29, 1.82) is 0 Å². The molecule has 2 aromatic heterocycles. The number of halogens is 3. The molecule has 3 aliphatic rings. The minimum atomic E-state index is -4.60. The van der Waals surface area contributed by atoms with Gasteiger partial charge in [0.2, 0.25) is 5.95 Å². The topological polar surface area (TPSA) is 106 Å². The second kappa shape index (κ2) is 7.27. The van der Waals surface area contributed by atoms with Gasteiger partial charge < -0.3 is 25.2 Å². The number of aliphatic hydroxyl groups is 1. The number of alkyl halides is 3. The third kappa shape index (κ3) is 3.33. The molecule has 9 nitrogen and oxygen atoms in total. The van der Waals surface area contributed by atoms with Gasteiger partial charge in [0.05, 0.1) is 38.5 Å². The molecular formula is C18H21F3N6O3. The van der Waals surface area contributed by atoms with Crippen LogP contribution in [0.5, 0.6) is 5.75 Å². The Hall–Kier alpha value is -2.60. The quantitative estimate of drug-likeness (QED) is 0.673. The normalized spacial score (nSPS) is 23.9. The Morgan fingerprint density at radius 2 is 2.07 bits per heavy atom. The molecule has 3 N–H and O–H groups in total. The maximum absolute atomic E-state index is 13.5. The number of hydrogen-bond donors (Lipinski definition) is 3. The van der Waals surface area contributed by atoms with E-state index in [1.165, 1.54) is 0 Å². The molecule has 162 valence electrons. The molecule has 0 aromatic carbocycles. The van der Waals surface area contributed by atoms with Gasteiger partial charge in [-0.2, -0.15) is 23.3 Å². The van der Waals surface area contributed by atoms with Gasteiger partial charge in [0.1, 0.15) is 17.1 Å². The lowest BCUT2D eigenvalue weighted by Crippen LogP contribution is -2.33. The molecule has 12 heteroatoms. The molecule has 2 bridgehead atoms. The van der Waals surface area contributed by atoms with Gasteiger partial charge in [0.15, 0.2) is 11.6 Å². The van der Waals surface area contributed by atoms with Crippen molar-refractivity contribution < 1.29 is 27.8 Å². The number of aromatic nitrogens is 4. The molecule has 2 aromatic rings. The number of nitrogens with zero attached hydrogens (tertiary/aromatic N) is 4. The molecule has 30 heavy (non-hydrogen) atoms. The zero-order valence-electron chi connectivity index (χ0n) is 15.9. The van der Waals surface area contributed by atoms with E-state index in [-0.39, 0.29) is 43.5 Å². The zero-order chi connectivity index (χ0) is 20.9. The second-order valence-corrected chi connectivity index (χ2v) is 7.75. The predicted octanol–water partition coefficient (Wildman–Crippen LogP) is 2.47. The Morgan fingerprint density at radius 1 is 1.23 bits per heavy atom. The third-order valence-corrected chi connectivity index (χ3v) is 5.79. The van der Waals surface area contributed by atoms with E-state index in [0.29, 0.717) is 23.9 Å². The van der Waals surface area contributed by atoms with E-state index < -0.39 is 17.8 Å². The summed E-state index contributed by atoms with van der Waals surface area (Å²) in [5.74, 6) is 0.279. The summed E-state index contributed by atoms with van der Waals surface area (Å²) in [6.45, 7) is 0.441. The van der Waals surface area contributed by atoms with Crippen LogP contribution in [0.1, 0.15) is 36.6 Å². The number of hydrogen-bond acceptors (Lipinski definition) is 8. The van der Waals surface area contributed by atoms with Crippen LogP contribution in [0, 0.1) is 5.92 Å². The Labute approximate surface area is 169 Å². The first kappa shape index (κ1) is 19.4. The van der Waals surface area contributed by atoms with Crippen molar-refractivity contribution >= 4 is 17.6 Å². The monoisotopic (exact) mass is 426 g/mol. The smallest absolute Gasteiger partial charge is 0.421 e. The maximum Gasteiger partial charge on any atom is 0.421 e. The lowest BCUT2D eigenvalue weighted by atomic mass is 9.93. The van der Waals surface area contributed by atoms with Crippen molar-refractivity contribution in [1.82, 2.24) is 19.7 Å². The van der Waals surface area contributed by atoms with E-state index >= 15 is 0 Å². The van der Waals surface area contributed by atoms with Crippen LogP contribution < -0.4 is 15.4 Å². The highest BCUT2D eigenvalue weighted by atomic mass is 19.4. The number of anilines is 3. The third-order valence-electron chi connectivity index (χ3n) is 5.79. The Balaban J connectivity index is 1.62. The predicted molar refractivity (Wildman–Crippen MR) is 98.6 cm³/mol. The highest BCUT2D eigenvalue weighted by Crippen LogP contribution is 2.41. The van der Waals surface area contributed by atoms with Crippen molar-refractivity contribution in [3.8, 4) is 5.75 Å². The number of fused-ring (bicyclic) bond motifs is 4. The summed E-state index contributed by atoms with van der Waals surface area (Å²) < 4.78 is 53.7. The van der Waals surface area contributed by atoms with E-state index in [1.807, 2.05) is 0 Å². The first-order chi connectivity index (χ1) is 14.4. The molecule has 0 amide bonds. The van der Waals surface area contributed by atoms with Crippen LogP contribution in [0.2, 0.25) is 0 Å². The fourth-order valence-electron chi connectivity index (χ4n) is 3.88. The fraction of sp³-hybridized carbons (Fsp3) is 0.611. The zero-order valence-corrected chi connectivity index (χ0v) is 15.9. The summed E-state index contributed by atoms with van der Waals surface area (Å²) in [5, 5.41) is 20.1. The molecule has 5 rings (SSSR count). The molecule has 0 radical (unpaired) electrons. The maximum atomic E-state index is 13.5. The lowest BCUT2D eigenvalue weighted by Gasteiger charge is -2.27. The highest BCUT2D eigenvalue weighted by molar-refractivity contribution is 5.62. The summed E-state index contributed by atoms with van der Waals surface area (Å²) in [6, 6.07) is -0.287. The highest BCUT2D eigenvalue weighted by Gasteiger charge is 2.39. The summed E-state index contributed by atoms with van der Waals surface area (Å²) >= 11 is 0. The lowest BCUT2D eigenvalue weighted by molar-refractivity contribution is -0.137. The SMILES string of the molecule is OCc1nn(C2CCC2)c2c1OC[C@@H]1COC[C@H]1Nc1nc(ncc1C(F)(F)F)N2.